The summed E-state index contributed by atoms with van der Waals surface area (Å²) >= 11 is 0. The fraction of sp³-hybridized carbons (Fsp3) is 0.400. The van der Waals surface area contributed by atoms with Gasteiger partial charge in [0.15, 0.2) is 11.6 Å². The summed E-state index contributed by atoms with van der Waals surface area (Å²) in [4.78, 5) is 21.8. The molecule has 0 heterocycles. The van der Waals surface area contributed by atoms with Crippen LogP contribution in [0, 0.1) is 12.7 Å². The highest BCUT2D eigenvalue weighted by Crippen LogP contribution is 2.22. The third kappa shape index (κ3) is 7.89. The molecular formula is C25H33FN4O3. The van der Waals surface area contributed by atoms with Crippen LogP contribution in [0.5, 0.6) is 5.75 Å². The Balaban J connectivity index is 2.22. The van der Waals surface area contributed by atoms with Gasteiger partial charge in [-0.1, -0.05) is 29.8 Å². The summed E-state index contributed by atoms with van der Waals surface area (Å²) in [6.45, 7) is 14.8. The van der Waals surface area contributed by atoms with Crippen LogP contribution in [-0.4, -0.2) is 42.0 Å². The van der Waals surface area contributed by atoms with Gasteiger partial charge in [0.1, 0.15) is 13.3 Å². The first kappa shape index (κ1) is 25.8. The molecule has 8 heteroatoms. The lowest BCUT2D eigenvalue weighted by Crippen LogP contribution is -2.49. The predicted molar refractivity (Wildman–Crippen MR) is 131 cm³/mol. The number of amides is 2. The van der Waals surface area contributed by atoms with Crippen LogP contribution in [-0.2, 0) is 11.3 Å². The molecule has 2 aromatic carbocycles. The largest absolute Gasteiger partial charge is 0.488 e. The average molecular weight is 457 g/mol. The summed E-state index contributed by atoms with van der Waals surface area (Å²) in [5, 5.41) is 3.02. The van der Waals surface area contributed by atoms with E-state index in [0.717, 1.165) is 11.1 Å². The molecule has 1 N–H and O–H groups in total. The van der Waals surface area contributed by atoms with Gasteiger partial charge in [0.2, 0.25) is 0 Å². The molecule has 0 spiro atoms. The number of nitrogens with one attached hydrogen (secondary N) is 1. The Morgan fingerprint density at radius 2 is 1.85 bits per heavy atom. The zero-order valence-corrected chi connectivity index (χ0v) is 20.2. The van der Waals surface area contributed by atoms with Crippen LogP contribution in [0.15, 0.2) is 52.4 Å². The maximum absolute atomic E-state index is 14.3. The fourth-order valence-corrected chi connectivity index (χ4v) is 2.90. The number of ether oxygens (including phenoxy) is 2. The molecule has 0 bridgehead atoms. The van der Waals surface area contributed by atoms with Gasteiger partial charge in [-0.25, -0.2) is 24.1 Å². The minimum atomic E-state index is -0.660. The predicted octanol–water partition coefficient (Wildman–Crippen LogP) is 5.78. The van der Waals surface area contributed by atoms with Gasteiger partial charge in [-0.2, -0.15) is 0 Å². The number of aliphatic imine (C=N–C) groups is 2. The van der Waals surface area contributed by atoms with E-state index in [9.17, 15) is 9.18 Å². The Morgan fingerprint density at radius 1 is 1.18 bits per heavy atom. The summed E-state index contributed by atoms with van der Waals surface area (Å²) in [5.74, 6) is -0.293. The molecule has 0 aliphatic rings. The van der Waals surface area contributed by atoms with Crippen LogP contribution in [0.2, 0.25) is 0 Å². The molecule has 0 saturated heterocycles. The summed E-state index contributed by atoms with van der Waals surface area (Å²) < 4.78 is 25.6. The van der Waals surface area contributed by atoms with Crippen molar-refractivity contribution < 1.29 is 18.7 Å². The summed E-state index contributed by atoms with van der Waals surface area (Å²) in [6.07, 6.45) is -0.129. The van der Waals surface area contributed by atoms with Gasteiger partial charge in [-0.05, 0) is 66.0 Å². The Kier molecular flexibility index (Phi) is 8.96. The van der Waals surface area contributed by atoms with E-state index in [1.165, 1.54) is 11.0 Å². The van der Waals surface area contributed by atoms with Crippen molar-refractivity contribution in [1.29, 1.82) is 0 Å². The highest BCUT2D eigenvalue weighted by molar-refractivity contribution is 5.96. The van der Waals surface area contributed by atoms with E-state index < -0.39 is 17.4 Å². The van der Waals surface area contributed by atoms with Gasteiger partial charge in [0, 0.05) is 17.3 Å². The van der Waals surface area contributed by atoms with Gasteiger partial charge in [0.25, 0.3) is 6.02 Å². The lowest BCUT2D eigenvalue weighted by Gasteiger charge is -2.33. The lowest BCUT2D eigenvalue weighted by atomic mass is 10.1. The highest BCUT2D eigenvalue weighted by Gasteiger charge is 2.32. The summed E-state index contributed by atoms with van der Waals surface area (Å²) in [7, 11) is 0. The second kappa shape index (κ2) is 11.4. The van der Waals surface area contributed by atoms with E-state index in [4.69, 9.17) is 9.47 Å². The van der Waals surface area contributed by atoms with Gasteiger partial charge in [-0.15, -0.1) is 0 Å². The molecule has 0 saturated carbocycles. The normalized spacial score (nSPS) is 11.8. The van der Waals surface area contributed by atoms with Gasteiger partial charge in [0.05, 0.1) is 6.10 Å². The second-order valence-corrected chi connectivity index (χ2v) is 8.81. The van der Waals surface area contributed by atoms with Crippen molar-refractivity contribution in [3.05, 3.63) is 59.4 Å². The number of carbonyl (C=O) groups is 1. The molecule has 0 aromatic heterocycles. The summed E-state index contributed by atoms with van der Waals surface area (Å²) in [5.41, 5.74) is 1.92. The molecule has 0 aliphatic carbocycles. The van der Waals surface area contributed by atoms with Crippen molar-refractivity contribution in [2.75, 3.05) is 12.0 Å². The number of halogens is 1. The maximum Gasteiger partial charge on any atom is 0.351 e. The number of aryl methyl sites for hydroxylation is 1. The Morgan fingerprint density at radius 3 is 2.39 bits per heavy atom. The first-order valence-corrected chi connectivity index (χ1v) is 10.7. The number of benzene rings is 2. The average Bonchev–Trinajstić information content (AvgIpc) is 2.73. The van der Waals surface area contributed by atoms with E-state index in [1.807, 2.05) is 65.8 Å². The second-order valence-electron chi connectivity index (χ2n) is 8.81. The molecule has 0 radical (unpaired) electrons. The molecule has 2 rings (SSSR count). The molecule has 178 valence electrons. The molecule has 0 unspecified atom stereocenters. The van der Waals surface area contributed by atoms with Crippen molar-refractivity contribution in [3.8, 4) is 5.75 Å². The fourth-order valence-electron chi connectivity index (χ4n) is 2.90. The number of carbonyl (C=O) groups excluding carboxylic acids is 1. The van der Waals surface area contributed by atoms with Crippen LogP contribution in [0.4, 0.5) is 14.9 Å². The standard InChI is InChI=1S/C25H33FN4O3/c1-17(2)33-22-13-12-20(14-21(22)26)28-16-29-24(30(23(31)27-7)25(4,5)6)32-15-19-10-8-18(3)9-11-19/h8-14,17,28H,7,15-16H2,1-6H3/b29-24+. The van der Waals surface area contributed by atoms with Gasteiger partial charge >= 0.3 is 6.03 Å². The molecule has 7 nitrogen and oxygen atoms in total. The number of urea groups is 1. The third-order valence-electron chi connectivity index (χ3n) is 4.47. The first-order valence-electron chi connectivity index (χ1n) is 10.7. The van der Waals surface area contributed by atoms with Gasteiger partial charge < -0.3 is 14.8 Å². The smallest absolute Gasteiger partial charge is 0.351 e. The molecule has 2 aromatic rings. The molecule has 0 fully saturated rings. The van der Waals surface area contributed by atoms with E-state index >= 15 is 0 Å². The maximum atomic E-state index is 14.3. The van der Waals surface area contributed by atoms with E-state index in [1.54, 1.807) is 12.1 Å². The number of anilines is 1. The van der Waals surface area contributed by atoms with Crippen molar-refractivity contribution >= 4 is 24.5 Å². The quantitative estimate of drug-likeness (QED) is 0.423. The zero-order chi connectivity index (χ0) is 24.6. The van der Waals surface area contributed by atoms with Crippen LogP contribution in [0.3, 0.4) is 0 Å². The molecule has 0 atom stereocenters. The van der Waals surface area contributed by atoms with Crippen LogP contribution >= 0.6 is 0 Å². The van der Waals surface area contributed by atoms with Crippen LogP contribution in [0.1, 0.15) is 45.7 Å². The Labute approximate surface area is 195 Å². The number of rotatable bonds is 7. The van der Waals surface area contributed by atoms with Crippen molar-refractivity contribution in [3.63, 3.8) is 0 Å². The molecule has 0 aliphatic heterocycles. The number of amidine groups is 1. The minimum Gasteiger partial charge on any atom is -0.488 e. The summed E-state index contributed by atoms with van der Waals surface area (Å²) in [6, 6.07) is 12.0. The molecule has 2 amide bonds. The van der Waals surface area contributed by atoms with E-state index in [0.29, 0.717) is 5.69 Å². The van der Waals surface area contributed by atoms with E-state index in [2.05, 4.69) is 22.0 Å². The highest BCUT2D eigenvalue weighted by atomic mass is 19.1. The minimum absolute atomic E-state index is 0.0457. The third-order valence-corrected chi connectivity index (χ3v) is 4.47. The molecule has 33 heavy (non-hydrogen) atoms. The monoisotopic (exact) mass is 456 g/mol. The topological polar surface area (TPSA) is 75.5 Å². The number of nitrogens with zero attached hydrogens (tertiary/aromatic N) is 3. The number of hydrogen-bond donors (Lipinski definition) is 1. The Bertz CT molecular complexity index is 982. The first-order chi connectivity index (χ1) is 15.5. The molecular weight excluding hydrogens is 423 g/mol. The van der Waals surface area contributed by atoms with Gasteiger partial charge in [-0.3, -0.25) is 0 Å². The SMILES string of the molecule is C=NC(=O)N(/C(=N\CNc1ccc(OC(C)C)c(F)c1)OCc1ccc(C)cc1)C(C)(C)C. The van der Waals surface area contributed by atoms with Crippen molar-refractivity contribution in [2.24, 2.45) is 9.98 Å². The lowest BCUT2D eigenvalue weighted by molar-refractivity contribution is 0.161. The zero-order valence-electron chi connectivity index (χ0n) is 20.2. The Hall–Kier alpha value is -3.42. The van der Waals surface area contributed by atoms with E-state index in [-0.39, 0.29) is 31.2 Å². The van der Waals surface area contributed by atoms with Crippen molar-refractivity contribution in [2.45, 2.75) is 59.8 Å². The van der Waals surface area contributed by atoms with Crippen LogP contribution in [0.25, 0.3) is 0 Å². The number of hydrogen-bond acceptors (Lipinski definition) is 5. The van der Waals surface area contributed by atoms with Crippen LogP contribution < -0.4 is 10.1 Å². The van der Waals surface area contributed by atoms with Crippen molar-refractivity contribution in [1.82, 2.24) is 4.90 Å².